The maximum absolute atomic E-state index is 11.4. The van der Waals surface area contributed by atoms with Crippen LogP contribution in [0.1, 0.15) is 62.1 Å². The summed E-state index contributed by atoms with van der Waals surface area (Å²) in [6.45, 7) is 6.29. The first-order valence-electron chi connectivity index (χ1n) is 13.6. The zero-order valence-electron chi connectivity index (χ0n) is 23.0. The molecule has 40 heavy (non-hydrogen) atoms. The lowest BCUT2D eigenvalue weighted by atomic mass is 10.1. The average molecular weight is 542 g/mol. The Labute approximate surface area is 236 Å². The van der Waals surface area contributed by atoms with Crippen LogP contribution in [0.15, 0.2) is 91.0 Å². The Morgan fingerprint density at radius 2 is 1.27 bits per heavy atom. The molecule has 0 heterocycles. The summed E-state index contributed by atoms with van der Waals surface area (Å²) in [5.41, 5.74) is 4.37. The smallest absolute Gasteiger partial charge is 0.333 e. The maximum Gasteiger partial charge on any atom is 0.333 e. The van der Waals surface area contributed by atoms with Gasteiger partial charge < -0.3 is 4.74 Å². The molecule has 7 heteroatoms. The molecule has 0 amide bonds. The molecule has 3 aromatic rings. The van der Waals surface area contributed by atoms with Crippen LogP contribution in [-0.4, -0.2) is 35.1 Å². The van der Waals surface area contributed by atoms with Crippen molar-refractivity contribution in [3.05, 3.63) is 118 Å². The van der Waals surface area contributed by atoms with Crippen molar-refractivity contribution >= 4 is 35.7 Å². The number of hydrogen-bond acceptors (Lipinski definition) is 5. The topological polar surface area (TPSA) is 81.7 Å². The van der Waals surface area contributed by atoms with Crippen LogP contribution < -0.4 is 0 Å². The molecule has 0 aliphatic heterocycles. The molecule has 7 nitrogen and oxygen atoms in total. The third-order valence-corrected chi connectivity index (χ3v) is 6.14. The Hall–Kier alpha value is -4.52. The lowest BCUT2D eigenvalue weighted by molar-refractivity contribution is -0.725. The van der Waals surface area contributed by atoms with Crippen LogP contribution in [0.3, 0.4) is 0 Å². The number of nitrogens with zero attached hydrogens (tertiary/aromatic N) is 2. The van der Waals surface area contributed by atoms with Crippen molar-refractivity contribution in [2.45, 2.75) is 45.4 Å². The molecule has 0 atom stereocenters. The molecule has 3 aromatic carbocycles. The highest BCUT2D eigenvalue weighted by atomic mass is 16.7. The van der Waals surface area contributed by atoms with Gasteiger partial charge in [-0.25, -0.2) is 4.79 Å². The molecule has 208 valence electrons. The molecule has 0 spiro atoms. The maximum atomic E-state index is 11.4. The first kappa shape index (κ1) is 30.0. The third-order valence-electron chi connectivity index (χ3n) is 6.14. The number of carbonyl (C=O) groups is 1. The van der Waals surface area contributed by atoms with Crippen LogP contribution in [0.4, 0.5) is 11.4 Å². The molecule has 0 saturated heterocycles. The molecule has 0 aliphatic rings. The van der Waals surface area contributed by atoms with Crippen molar-refractivity contribution in [3.63, 3.8) is 0 Å². The summed E-state index contributed by atoms with van der Waals surface area (Å²) in [7, 11) is 0. The standard InChI is InChI=1S/C33H37N2O5/c1-27(2)33(36)39-24-10-5-3-4-6-11-25-40-34(26-30-12-8-7-9-13-30)31-20-16-28(17-21-31)14-15-29-18-22-32(23-19-29)35(37)38/h7-9,12-23,26H,1,3-6,10-11,24-25H2,2H3/q+1. The Bertz CT molecular complexity index is 1300. The van der Waals surface area contributed by atoms with E-state index in [1.165, 1.54) is 12.1 Å². The second-order valence-electron chi connectivity index (χ2n) is 9.51. The predicted molar refractivity (Wildman–Crippen MR) is 159 cm³/mol. The number of carbonyl (C=O) groups excluding carboxylic acids is 1. The quantitative estimate of drug-likeness (QED) is 0.0269. The second-order valence-corrected chi connectivity index (χ2v) is 9.51. The zero-order valence-corrected chi connectivity index (χ0v) is 23.0. The number of hydrogen-bond donors (Lipinski definition) is 0. The van der Waals surface area contributed by atoms with E-state index in [0.29, 0.717) is 18.8 Å². The number of ether oxygens (including phenoxy) is 1. The average Bonchev–Trinajstić information content (AvgIpc) is 2.97. The van der Waals surface area contributed by atoms with Crippen molar-refractivity contribution in [2.75, 3.05) is 13.2 Å². The highest BCUT2D eigenvalue weighted by Gasteiger charge is 2.12. The first-order valence-corrected chi connectivity index (χ1v) is 13.6. The normalized spacial score (nSPS) is 11.4. The summed E-state index contributed by atoms with van der Waals surface area (Å²) in [5.74, 6) is -0.317. The van der Waals surface area contributed by atoms with Crippen molar-refractivity contribution in [1.82, 2.24) is 0 Å². The van der Waals surface area contributed by atoms with Gasteiger partial charge in [-0.1, -0.05) is 56.2 Å². The Morgan fingerprint density at radius 3 is 1.82 bits per heavy atom. The van der Waals surface area contributed by atoms with E-state index in [-0.39, 0.29) is 11.7 Å². The van der Waals surface area contributed by atoms with E-state index in [1.807, 2.05) is 77.7 Å². The Balaban J connectivity index is 1.50. The van der Waals surface area contributed by atoms with E-state index < -0.39 is 4.92 Å². The summed E-state index contributed by atoms with van der Waals surface area (Å²) in [4.78, 5) is 28.0. The van der Waals surface area contributed by atoms with E-state index in [0.717, 1.165) is 60.9 Å². The Morgan fingerprint density at radius 1 is 0.750 bits per heavy atom. The monoisotopic (exact) mass is 541 g/mol. The van der Waals surface area contributed by atoms with Crippen LogP contribution in [0.25, 0.3) is 12.2 Å². The number of non-ortho nitro benzene ring substituents is 1. The lowest BCUT2D eigenvalue weighted by Gasteiger charge is -2.05. The van der Waals surface area contributed by atoms with E-state index in [2.05, 4.69) is 6.58 Å². The predicted octanol–water partition coefficient (Wildman–Crippen LogP) is 7.92. The van der Waals surface area contributed by atoms with Crippen LogP contribution in [0, 0.1) is 10.1 Å². The van der Waals surface area contributed by atoms with E-state index in [1.54, 1.807) is 19.1 Å². The number of rotatable bonds is 16. The third kappa shape index (κ3) is 10.7. The summed E-state index contributed by atoms with van der Waals surface area (Å²) >= 11 is 0. The minimum absolute atomic E-state index is 0.0788. The molecule has 3 rings (SSSR count). The molecule has 0 aromatic heterocycles. The number of benzene rings is 3. The SMILES string of the molecule is C=C(C)C(=O)OCCCCCCCCO[N+](=Cc1ccccc1)c1ccc(C=Cc2ccc([N+](=O)[O-])cc2)cc1. The van der Waals surface area contributed by atoms with Gasteiger partial charge in [0.2, 0.25) is 6.21 Å². The molecule has 0 fully saturated rings. The molecular formula is C33H37N2O5+. The van der Waals surface area contributed by atoms with Crippen LogP contribution >= 0.6 is 0 Å². The minimum atomic E-state index is -0.401. The van der Waals surface area contributed by atoms with E-state index in [9.17, 15) is 14.9 Å². The lowest BCUT2D eigenvalue weighted by Crippen LogP contribution is -2.10. The zero-order chi connectivity index (χ0) is 28.6. The van der Waals surface area contributed by atoms with Gasteiger partial charge in [-0.2, -0.15) is 0 Å². The van der Waals surface area contributed by atoms with Crippen molar-refractivity contribution in [2.24, 2.45) is 0 Å². The minimum Gasteiger partial charge on any atom is -0.462 e. The fourth-order valence-corrected chi connectivity index (χ4v) is 3.85. The highest BCUT2D eigenvalue weighted by molar-refractivity contribution is 5.86. The van der Waals surface area contributed by atoms with E-state index in [4.69, 9.17) is 9.57 Å². The molecule has 0 radical (unpaired) electrons. The Kier molecular flexibility index (Phi) is 12.3. The molecular weight excluding hydrogens is 504 g/mol. The molecule has 0 saturated carbocycles. The van der Waals surface area contributed by atoms with Gasteiger partial charge in [-0.15, -0.1) is 0 Å². The molecule has 0 unspecified atom stereocenters. The fraction of sp³-hybridized carbons (Fsp3) is 0.273. The van der Waals surface area contributed by atoms with Gasteiger partial charge in [0.1, 0.15) is 0 Å². The fourth-order valence-electron chi connectivity index (χ4n) is 3.85. The number of esters is 1. The molecule has 0 bridgehead atoms. The van der Waals surface area contributed by atoms with Gasteiger partial charge in [0.05, 0.1) is 11.5 Å². The van der Waals surface area contributed by atoms with Crippen molar-refractivity contribution < 1.29 is 24.0 Å². The van der Waals surface area contributed by atoms with Gasteiger partial charge >= 0.3 is 5.97 Å². The van der Waals surface area contributed by atoms with Gasteiger partial charge in [0.25, 0.3) is 11.4 Å². The van der Waals surface area contributed by atoms with Crippen LogP contribution in [0.2, 0.25) is 0 Å². The van der Waals surface area contributed by atoms with Crippen molar-refractivity contribution in [3.8, 4) is 0 Å². The van der Waals surface area contributed by atoms with Crippen molar-refractivity contribution in [1.29, 1.82) is 0 Å². The summed E-state index contributed by atoms with van der Waals surface area (Å²) in [6.07, 6.45) is 12.0. The molecule has 0 N–H and O–H groups in total. The van der Waals surface area contributed by atoms with Crippen LogP contribution in [0.5, 0.6) is 0 Å². The van der Waals surface area contributed by atoms with Gasteiger partial charge in [-0.05, 0) is 73.7 Å². The van der Waals surface area contributed by atoms with Crippen LogP contribution in [-0.2, 0) is 14.4 Å². The summed E-state index contributed by atoms with van der Waals surface area (Å²) < 4.78 is 6.94. The molecule has 0 aliphatic carbocycles. The van der Waals surface area contributed by atoms with Gasteiger partial charge in [-0.3, -0.25) is 15.0 Å². The number of nitro groups is 1. The number of nitro benzene ring substituents is 1. The van der Waals surface area contributed by atoms with E-state index >= 15 is 0 Å². The largest absolute Gasteiger partial charge is 0.462 e. The van der Waals surface area contributed by atoms with Gasteiger partial charge in [0.15, 0.2) is 6.61 Å². The summed E-state index contributed by atoms with van der Waals surface area (Å²) in [5, 5.41) is 10.8. The summed E-state index contributed by atoms with van der Waals surface area (Å²) in [6, 6.07) is 24.6. The van der Waals surface area contributed by atoms with Gasteiger partial charge in [0, 0.05) is 40.1 Å². The highest BCUT2D eigenvalue weighted by Crippen LogP contribution is 2.18. The first-order chi connectivity index (χ1) is 19.4. The second kappa shape index (κ2) is 16.4. The number of unbranched alkanes of at least 4 members (excludes halogenated alkanes) is 5.